The zero-order valence-corrected chi connectivity index (χ0v) is 7.98. The van der Waals surface area contributed by atoms with Crippen LogP contribution in [0.4, 0.5) is 0 Å². The van der Waals surface area contributed by atoms with Gasteiger partial charge in [0.1, 0.15) is 0 Å². The molecular weight excluding hydrogens is 180 g/mol. The zero-order chi connectivity index (χ0) is 10.2. The Labute approximate surface area is 83.1 Å². The molecule has 1 aromatic rings. The van der Waals surface area contributed by atoms with Gasteiger partial charge >= 0.3 is 5.97 Å². The second-order valence-corrected chi connectivity index (χ2v) is 2.88. The first-order chi connectivity index (χ1) is 6.83. The van der Waals surface area contributed by atoms with E-state index in [0.717, 1.165) is 12.0 Å². The quantitative estimate of drug-likeness (QED) is 0.673. The lowest BCUT2D eigenvalue weighted by Crippen LogP contribution is -1.94. The van der Waals surface area contributed by atoms with Gasteiger partial charge in [0.05, 0.1) is 6.61 Å². The molecule has 0 atom stereocenters. The first kappa shape index (κ1) is 10.7. The summed E-state index contributed by atoms with van der Waals surface area (Å²) >= 11 is 0. The van der Waals surface area contributed by atoms with Crippen molar-refractivity contribution >= 4 is 5.97 Å². The van der Waals surface area contributed by atoms with E-state index in [1.54, 1.807) is 12.4 Å². The Balaban J connectivity index is 0.000000146. The summed E-state index contributed by atoms with van der Waals surface area (Å²) in [6, 6.07) is 3.81. The van der Waals surface area contributed by atoms with Crippen molar-refractivity contribution in [3.05, 3.63) is 30.1 Å². The van der Waals surface area contributed by atoms with Gasteiger partial charge < -0.3 is 10.5 Å². The lowest BCUT2D eigenvalue weighted by atomic mass is 10.3. The second kappa shape index (κ2) is 6.10. The number of hydrogen-bond acceptors (Lipinski definition) is 4. The molecule has 4 heteroatoms. The van der Waals surface area contributed by atoms with Crippen LogP contribution in [0.5, 0.6) is 0 Å². The predicted molar refractivity (Wildman–Crippen MR) is 52.3 cm³/mol. The number of pyridine rings is 1. The summed E-state index contributed by atoms with van der Waals surface area (Å²) in [7, 11) is 0. The van der Waals surface area contributed by atoms with Gasteiger partial charge in [0.2, 0.25) is 0 Å². The van der Waals surface area contributed by atoms with Gasteiger partial charge in [-0.3, -0.25) is 9.78 Å². The van der Waals surface area contributed by atoms with Gasteiger partial charge in [-0.15, -0.1) is 0 Å². The Bertz CT molecular complexity index is 267. The molecule has 1 saturated heterocycles. The molecule has 1 aliphatic rings. The Morgan fingerprint density at radius 3 is 2.43 bits per heavy atom. The monoisotopic (exact) mass is 194 g/mol. The fourth-order valence-electron chi connectivity index (χ4n) is 0.994. The normalized spacial score (nSPS) is 14.2. The molecule has 1 aliphatic heterocycles. The first-order valence-electron chi connectivity index (χ1n) is 4.57. The molecule has 0 unspecified atom stereocenters. The number of carbonyl (C=O) groups is 1. The minimum Gasteiger partial charge on any atom is -0.466 e. The van der Waals surface area contributed by atoms with Gasteiger partial charge in [0, 0.05) is 25.4 Å². The van der Waals surface area contributed by atoms with Gasteiger partial charge in [-0.2, -0.15) is 0 Å². The Hall–Kier alpha value is -1.42. The highest BCUT2D eigenvalue weighted by atomic mass is 16.5. The van der Waals surface area contributed by atoms with Gasteiger partial charge in [-0.25, -0.2) is 0 Å². The highest BCUT2D eigenvalue weighted by Crippen LogP contribution is 2.01. The van der Waals surface area contributed by atoms with E-state index in [-0.39, 0.29) is 5.97 Å². The maximum Gasteiger partial charge on any atom is 0.305 e. The molecule has 2 heterocycles. The summed E-state index contributed by atoms with van der Waals surface area (Å²) in [6.07, 6.45) is 5.02. The molecule has 0 bridgehead atoms. The van der Waals surface area contributed by atoms with E-state index in [9.17, 15) is 4.79 Å². The number of nitrogens with two attached hydrogens (primary N) is 1. The van der Waals surface area contributed by atoms with Crippen molar-refractivity contribution in [2.24, 2.45) is 5.73 Å². The average Bonchev–Trinajstić information content (AvgIpc) is 2.71. The smallest absolute Gasteiger partial charge is 0.305 e. The number of nitrogens with zero attached hydrogens (tertiary/aromatic N) is 1. The van der Waals surface area contributed by atoms with E-state index in [0.29, 0.717) is 19.6 Å². The van der Waals surface area contributed by atoms with Crippen molar-refractivity contribution in [2.45, 2.75) is 19.4 Å². The summed E-state index contributed by atoms with van der Waals surface area (Å²) in [4.78, 5) is 13.9. The van der Waals surface area contributed by atoms with E-state index < -0.39 is 0 Å². The molecule has 2 rings (SSSR count). The van der Waals surface area contributed by atoms with Crippen LogP contribution in [0.1, 0.15) is 18.4 Å². The van der Waals surface area contributed by atoms with Crippen molar-refractivity contribution in [2.75, 3.05) is 6.61 Å². The second-order valence-electron chi connectivity index (χ2n) is 2.88. The third-order valence-corrected chi connectivity index (χ3v) is 1.77. The predicted octanol–water partition coefficient (Wildman–Crippen LogP) is 0.864. The van der Waals surface area contributed by atoms with Gasteiger partial charge in [0.15, 0.2) is 0 Å². The van der Waals surface area contributed by atoms with E-state index >= 15 is 0 Å². The van der Waals surface area contributed by atoms with Crippen LogP contribution in [-0.2, 0) is 16.1 Å². The molecule has 0 amide bonds. The largest absolute Gasteiger partial charge is 0.466 e. The van der Waals surface area contributed by atoms with Crippen molar-refractivity contribution in [3.63, 3.8) is 0 Å². The van der Waals surface area contributed by atoms with Gasteiger partial charge in [-0.05, 0) is 24.1 Å². The lowest BCUT2D eigenvalue weighted by molar-refractivity contribution is -0.137. The number of esters is 1. The van der Waals surface area contributed by atoms with Crippen molar-refractivity contribution in [3.8, 4) is 0 Å². The average molecular weight is 194 g/mol. The number of carbonyl (C=O) groups excluding carboxylic acids is 1. The van der Waals surface area contributed by atoms with Crippen LogP contribution in [0.25, 0.3) is 0 Å². The third-order valence-electron chi connectivity index (χ3n) is 1.77. The third kappa shape index (κ3) is 4.00. The first-order valence-corrected chi connectivity index (χ1v) is 4.57. The van der Waals surface area contributed by atoms with E-state index in [2.05, 4.69) is 9.72 Å². The highest BCUT2D eigenvalue weighted by molar-refractivity contribution is 5.70. The van der Waals surface area contributed by atoms with Crippen molar-refractivity contribution < 1.29 is 9.53 Å². The van der Waals surface area contributed by atoms with Gasteiger partial charge in [0.25, 0.3) is 0 Å². The summed E-state index contributed by atoms with van der Waals surface area (Å²) in [6.45, 7) is 1.24. The summed E-state index contributed by atoms with van der Waals surface area (Å²) < 4.78 is 4.51. The molecule has 0 aliphatic carbocycles. The Morgan fingerprint density at radius 2 is 2.14 bits per heavy atom. The Morgan fingerprint density at radius 1 is 1.43 bits per heavy atom. The molecule has 1 fully saturated rings. The molecule has 1 aromatic heterocycles. The fraction of sp³-hybridized carbons (Fsp3) is 0.400. The molecule has 0 aromatic carbocycles. The molecule has 2 N–H and O–H groups in total. The molecule has 0 saturated carbocycles. The summed E-state index contributed by atoms with van der Waals surface area (Å²) in [5.41, 5.74) is 6.45. The van der Waals surface area contributed by atoms with Crippen molar-refractivity contribution in [1.82, 2.24) is 4.98 Å². The minimum absolute atomic E-state index is 0.0463. The number of aromatic nitrogens is 1. The lowest BCUT2D eigenvalue weighted by Gasteiger charge is -1.89. The van der Waals surface area contributed by atoms with Crippen LogP contribution in [0.2, 0.25) is 0 Å². The Kier molecular flexibility index (Phi) is 4.64. The number of ether oxygens (including phenoxy) is 1. The zero-order valence-electron chi connectivity index (χ0n) is 7.98. The van der Waals surface area contributed by atoms with Crippen LogP contribution in [0.15, 0.2) is 24.5 Å². The van der Waals surface area contributed by atoms with Gasteiger partial charge in [-0.1, -0.05) is 0 Å². The maximum absolute atomic E-state index is 10.0. The topological polar surface area (TPSA) is 65.2 Å². The van der Waals surface area contributed by atoms with Crippen LogP contribution in [0, 0.1) is 0 Å². The van der Waals surface area contributed by atoms with E-state index in [4.69, 9.17) is 5.73 Å². The molecular formula is C10H14N2O2. The maximum atomic E-state index is 10.0. The molecule has 4 nitrogen and oxygen atoms in total. The molecule has 76 valence electrons. The fourth-order valence-corrected chi connectivity index (χ4v) is 0.994. The molecule has 14 heavy (non-hydrogen) atoms. The molecule has 0 spiro atoms. The number of rotatable bonds is 1. The standard InChI is InChI=1S/C6H8N2.C4H6O2/c7-5-6-1-3-8-4-2-6;5-4-2-1-3-6-4/h1-4H,5,7H2;1-3H2. The summed E-state index contributed by atoms with van der Waals surface area (Å²) in [5.74, 6) is -0.0463. The minimum atomic E-state index is -0.0463. The number of cyclic esters (lactones) is 1. The van der Waals surface area contributed by atoms with E-state index in [1.165, 1.54) is 0 Å². The van der Waals surface area contributed by atoms with Crippen LogP contribution < -0.4 is 5.73 Å². The van der Waals surface area contributed by atoms with Crippen LogP contribution >= 0.6 is 0 Å². The highest BCUT2D eigenvalue weighted by Gasteiger charge is 2.08. The van der Waals surface area contributed by atoms with Crippen LogP contribution in [-0.4, -0.2) is 17.6 Å². The van der Waals surface area contributed by atoms with E-state index in [1.807, 2.05) is 12.1 Å². The molecule has 0 radical (unpaired) electrons. The number of hydrogen-bond donors (Lipinski definition) is 1. The summed E-state index contributed by atoms with van der Waals surface area (Å²) in [5, 5.41) is 0. The SMILES string of the molecule is NCc1ccncc1.O=C1CCCO1. The van der Waals surface area contributed by atoms with Crippen LogP contribution in [0.3, 0.4) is 0 Å². The van der Waals surface area contributed by atoms with Crippen molar-refractivity contribution in [1.29, 1.82) is 0 Å².